The van der Waals surface area contributed by atoms with Crippen molar-refractivity contribution in [2.45, 2.75) is 5.16 Å². The summed E-state index contributed by atoms with van der Waals surface area (Å²) in [6.07, 6.45) is 3.41. The molecule has 0 fully saturated rings. The summed E-state index contributed by atoms with van der Waals surface area (Å²) in [5.74, 6) is 1.65. The van der Waals surface area contributed by atoms with E-state index < -0.39 is 0 Å². The van der Waals surface area contributed by atoms with Crippen molar-refractivity contribution in [3.8, 4) is 22.1 Å². The van der Waals surface area contributed by atoms with Crippen LogP contribution in [0.25, 0.3) is 16.4 Å². The van der Waals surface area contributed by atoms with Gasteiger partial charge in [0, 0.05) is 13.1 Å². The Labute approximate surface area is 178 Å². The smallest absolute Gasteiger partial charge is 0.233 e. The molecule has 2 aromatic heterocycles. The van der Waals surface area contributed by atoms with E-state index >= 15 is 0 Å². The summed E-state index contributed by atoms with van der Waals surface area (Å²) >= 11 is 2.93. The van der Waals surface area contributed by atoms with Crippen LogP contribution in [0.2, 0.25) is 0 Å². The summed E-state index contributed by atoms with van der Waals surface area (Å²) in [5, 5.41) is 11.4. The fraction of sp³-hybridized carbons (Fsp3) is 0.190. The number of methoxy groups -OCH3 is 1. The molecule has 0 saturated carbocycles. The van der Waals surface area contributed by atoms with Crippen LogP contribution in [0.5, 0.6) is 5.75 Å². The highest BCUT2D eigenvalue weighted by atomic mass is 32.2. The second-order valence-corrected chi connectivity index (χ2v) is 7.85. The Bertz CT molecular complexity index is 972. The highest BCUT2D eigenvalue weighted by molar-refractivity contribution is 7.99. The van der Waals surface area contributed by atoms with E-state index in [2.05, 4.69) is 23.4 Å². The first-order chi connectivity index (χ1) is 14.2. The van der Waals surface area contributed by atoms with Crippen molar-refractivity contribution in [1.82, 2.24) is 19.7 Å². The van der Waals surface area contributed by atoms with Gasteiger partial charge in [-0.15, -0.1) is 34.7 Å². The van der Waals surface area contributed by atoms with E-state index in [4.69, 9.17) is 4.74 Å². The largest absolute Gasteiger partial charge is 0.495 e. The third-order valence-corrected chi connectivity index (χ3v) is 5.86. The maximum atomic E-state index is 12.6. The molecule has 3 rings (SSSR count). The van der Waals surface area contributed by atoms with E-state index in [0.717, 1.165) is 10.6 Å². The standard InChI is InChI=1S/C21H22N4O2S2/c1-4-12-24(13-5-2)19(26)15-29-21-23-22-20(18-11-8-14-28-18)25(21)16-9-6-7-10-17(16)27-3/h4-11,14H,1-2,12-13,15H2,3H3. The number of hydrogen-bond acceptors (Lipinski definition) is 6. The number of ether oxygens (including phenoxy) is 1. The zero-order chi connectivity index (χ0) is 20.6. The normalized spacial score (nSPS) is 10.5. The predicted molar refractivity (Wildman–Crippen MR) is 119 cm³/mol. The molecule has 0 radical (unpaired) electrons. The number of nitrogens with zero attached hydrogens (tertiary/aromatic N) is 4. The third-order valence-electron chi connectivity index (χ3n) is 4.08. The molecule has 6 nitrogen and oxygen atoms in total. The lowest BCUT2D eigenvalue weighted by atomic mass is 10.3. The fourth-order valence-electron chi connectivity index (χ4n) is 2.77. The average Bonchev–Trinajstić information content (AvgIpc) is 3.41. The number of para-hydroxylation sites is 2. The van der Waals surface area contributed by atoms with E-state index in [1.54, 1.807) is 35.5 Å². The molecule has 1 aromatic carbocycles. The van der Waals surface area contributed by atoms with Gasteiger partial charge in [0.05, 0.1) is 23.4 Å². The minimum absolute atomic E-state index is 0.0120. The number of thioether (sulfide) groups is 1. The summed E-state index contributed by atoms with van der Waals surface area (Å²) in [4.78, 5) is 15.3. The van der Waals surface area contributed by atoms with Crippen LogP contribution < -0.4 is 4.74 Å². The lowest BCUT2D eigenvalue weighted by Crippen LogP contribution is -2.32. The van der Waals surface area contributed by atoms with Crippen LogP contribution in [0.1, 0.15) is 0 Å². The van der Waals surface area contributed by atoms with Crippen molar-refractivity contribution < 1.29 is 9.53 Å². The molecular formula is C21H22N4O2S2. The zero-order valence-electron chi connectivity index (χ0n) is 16.2. The van der Waals surface area contributed by atoms with Crippen molar-refractivity contribution in [2.24, 2.45) is 0 Å². The maximum Gasteiger partial charge on any atom is 0.233 e. The molecule has 150 valence electrons. The molecule has 3 aromatic rings. The van der Waals surface area contributed by atoms with Gasteiger partial charge >= 0.3 is 0 Å². The van der Waals surface area contributed by atoms with Crippen LogP contribution in [-0.2, 0) is 4.79 Å². The van der Waals surface area contributed by atoms with Crippen molar-refractivity contribution in [2.75, 3.05) is 26.0 Å². The van der Waals surface area contributed by atoms with Crippen molar-refractivity contribution >= 4 is 29.0 Å². The molecule has 0 bridgehead atoms. The van der Waals surface area contributed by atoms with Crippen LogP contribution in [-0.4, -0.2) is 51.5 Å². The monoisotopic (exact) mass is 426 g/mol. The van der Waals surface area contributed by atoms with Gasteiger partial charge in [0.25, 0.3) is 0 Å². The van der Waals surface area contributed by atoms with Crippen molar-refractivity contribution in [3.63, 3.8) is 0 Å². The number of carbonyl (C=O) groups excluding carboxylic acids is 1. The first kappa shape index (κ1) is 20.9. The van der Waals surface area contributed by atoms with E-state index in [1.165, 1.54) is 11.8 Å². The van der Waals surface area contributed by atoms with Crippen LogP contribution in [0.15, 0.2) is 72.2 Å². The lowest BCUT2D eigenvalue weighted by Gasteiger charge is -2.19. The number of amides is 1. The van der Waals surface area contributed by atoms with Gasteiger partial charge in [-0.05, 0) is 23.6 Å². The number of rotatable bonds is 10. The summed E-state index contributed by atoms with van der Waals surface area (Å²) in [6.45, 7) is 8.38. The fourth-order valence-corrected chi connectivity index (χ4v) is 4.31. The lowest BCUT2D eigenvalue weighted by molar-refractivity contribution is -0.127. The van der Waals surface area contributed by atoms with E-state index in [-0.39, 0.29) is 11.7 Å². The molecule has 1 amide bonds. The molecule has 2 heterocycles. The summed E-state index contributed by atoms with van der Waals surface area (Å²) in [7, 11) is 1.63. The summed E-state index contributed by atoms with van der Waals surface area (Å²) in [5.41, 5.74) is 0.826. The van der Waals surface area contributed by atoms with Gasteiger partial charge in [0.2, 0.25) is 5.91 Å². The summed E-state index contributed by atoms with van der Waals surface area (Å²) in [6, 6.07) is 11.7. The number of benzene rings is 1. The molecule has 0 unspecified atom stereocenters. The molecule has 29 heavy (non-hydrogen) atoms. The Balaban J connectivity index is 1.94. The first-order valence-corrected chi connectivity index (χ1v) is 10.8. The Morgan fingerprint density at radius 2 is 1.97 bits per heavy atom. The molecule has 0 aliphatic carbocycles. The minimum atomic E-state index is -0.0120. The molecular weight excluding hydrogens is 404 g/mol. The SMILES string of the molecule is C=CCN(CC=C)C(=O)CSc1nnc(-c2cccs2)n1-c1ccccc1OC. The predicted octanol–water partition coefficient (Wildman–Crippen LogP) is 4.30. The first-order valence-electron chi connectivity index (χ1n) is 8.94. The minimum Gasteiger partial charge on any atom is -0.495 e. The van der Waals surface area contributed by atoms with E-state index in [1.807, 2.05) is 46.3 Å². The van der Waals surface area contributed by atoms with Crippen LogP contribution in [0.4, 0.5) is 0 Å². The molecule has 0 aliphatic heterocycles. The topological polar surface area (TPSA) is 60.2 Å². The van der Waals surface area contributed by atoms with Gasteiger partial charge in [-0.25, -0.2) is 0 Å². The Morgan fingerprint density at radius 1 is 1.21 bits per heavy atom. The average molecular weight is 427 g/mol. The quantitative estimate of drug-likeness (QED) is 0.357. The van der Waals surface area contributed by atoms with Crippen LogP contribution >= 0.6 is 23.1 Å². The van der Waals surface area contributed by atoms with Gasteiger partial charge in [0.15, 0.2) is 11.0 Å². The van der Waals surface area contributed by atoms with Crippen molar-refractivity contribution in [3.05, 3.63) is 67.1 Å². The number of thiophene rings is 1. The second-order valence-electron chi connectivity index (χ2n) is 5.96. The number of aromatic nitrogens is 3. The van der Waals surface area contributed by atoms with Crippen molar-refractivity contribution in [1.29, 1.82) is 0 Å². The molecule has 0 aliphatic rings. The van der Waals surface area contributed by atoms with Gasteiger partial charge in [-0.3, -0.25) is 9.36 Å². The van der Waals surface area contributed by atoms with Gasteiger partial charge in [-0.2, -0.15) is 0 Å². The van der Waals surface area contributed by atoms with Gasteiger partial charge in [-0.1, -0.05) is 42.1 Å². The Kier molecular flexibility index (Phi) is 7.26. The molecule has 0 saturated heterocycles. The van der Waals surface area contributed by atoms with Crippen LogP contribution in [0, 0.1) is 0 Å². The molecule has 8 heteroatoms. The summed E-state index contributed by atoms with van der Waals surface area (Å²) < 4.78 is 7.48. The van der Waals surface area contributed by atoms with E-state index in [0.29, 0.717) is 29.8 Å². The molecule has 0 spiro atoms. The molecule has 0 N–H and O–H groups in total. The highest BCUT2D eigenvalue weighted by Crippen LogP contribution is 2.34. The number of hydrogen-bond donors (Lipinski definition) is 0. The zero-order valence-corrected chi connectivity index (χ0v) is 17.8. The Hall–Kier alpha value is -2.84. The Morgan fingerprint density at radius 3 is 2.62 bits per heavy atom. The highest BCUT2D eigenvalue weighted by Gasteiger charge is 2.21. The van der Waals surface area contributed by atoms with E-state index in [9.17, 15) is 4.79 Å². The number of carbonyl (C=O) groups is 1. The second kappa shape index (κ2) is 10.1. The third kappa shape index (κ3) is 4.78. The molecule has 0 atom stereocenters. The van der Waals surface area contributed by atoms with Gasteiger partial charge < -0.3 is 9.64 Å². The van der Waals surface area contributed by atoms with Gasteiger partial charge in [0.1, 0.15) is 5.75 Å². The van der Waals surface area contributed by atoms with Crippen LogP contribution in [0.3, 0.4) is 0 Å². The maximum absolute atomic E-state index is 12.6.